The molecule has 6 nitrogen and oxygen atoms in total. The van der Waals surface area contributed by atoms with Gasteiger partial charge in [-0.1, -0.05) is 0 Å². The summed E-state index contributed by atoms with van der Waals surface area (Å²) in [4.78, 5) is 25.8. The first kappa shape index (κ1) is 15.9. The molecule has 0 spiro atoms. The van der Waals surface area contributed by atoms with Crippen molar-refractivity contribution in [1.82, 2.24) is 15.1 Å². The molecule has 9 heteroatoms. The zero-order chi connectivity index (χ0) is 15.7. The fourth-order valence-corrected chi connectivity index (χ4v) is 2.57. The van der Waals surface area contributed by atoms with Gasteiger partial charge < -0.3 is 15.3 Å². The number of alkyl halides is 3. The van der Waals surface area contributed by atoms with Crippen molar-refractivity contribution < 1.29 is 27.9 Å². The minimum absolute atomic E-state index is 0.132. The average molecular weight is 309 g/mol. The van der Waals surface area contributed by atoms with Gasteiger partial charge in [-0.2, -0.15) is 13.2 Å². The number of rotatable bonds is 3. The first-order valence-corrected chi connectivity index (χ1v) is 6.81. The summed E-state index contributed by atoms with van der Waals surface area (Å²) in [5.74, 6) is -1.06. The van der Waals surface area contributed by atoms with Crippen molar-refractivity contribution in [2.75, 3.05) is 32.7 Å². The van der Waals surface area contributed by atoms with Gasteiger partial charge in [0.05, 0.1) is 6.54 Å². The number of aliphatic carboxylic acids is 1. The number of carboxylic acid groups (broad SMARTS) is 1. The van der Waals surface area contributed by atoms with Gasteiger partial charge in [-0.25, -0.2) is 9.59 Å². The Morgan fingerprint density at radius 2 is 1.71 bits per heavy atom. The third-order valence-corrected chi connectivity index (χ3v) is 4.03. The van der Waals surface area contributed by atoms with Crippen LogP contribution in [-0.4, -0.2) is 71.3 Å². The molecule has 2 fully saturated rings. The lowest BCUT2D eigenvalue weighted by Crippen LogP contribution is -2.63. The molecule has 0 aromatic carbocycles. The number of halogens is 3. The minimum Gasteiger partial charge on any atom is -0.480 e. The van der Waals surface area contributed by atoms with Crippen LogP contribution in [0.1, 0.15) is 19.3 Å². The minimum atomic E-state index is -4.25. The van der Waals surface area contributed by atoms with E-state index in [1.165, 1.54) is 9.80 Å². The maximum atomic E-state index is 12.3. The molecular formula is C12H18F3N3O3. The number of carboxylic acids is 1. The Bertz CT molecular complexity index is 416. The highest BCUT2D eigenvalue weighted by Gasteiger charge is 2.46. The number of carbonyl (C=O) groups is 2. The summed E-state index contributed by atoms with van der Waals surface area (Å²) < 4.78 is 36.8. The number of hydrogen-bond acceptors (Lipinski definition) is 3. The highest BCUT2D eigenvalue weighted by atomic mass is 19.4. The van der Waals surface area contributed by atoms with E-state index in [4.69, 9.17) is 5.11 Å². The smallest absolute Gasteiger partial charge is 0.401 e. The molecule has 21 heavy (non-hydrogen) atoms. The molecule has 120 valence electrons. The van der Waals surface area contributed by atoms with E-state index in [1.54, 1.807) is 0 Å². The van der Waals surface area contributed by atoms with Crippen LogP contribution in [0.5, 0.6) is 0 Å². The fraction of sp³-hybridized carbons (Fsp3) is 0.833. The molecule has 0 atom stereocenters. The van der Waals surface area contributed by atoms with E-state index in [0.717, 1.165) is 6.42 Å². The van der Waals surface area contributed by atoms with Gasteiger partial charge in [0.15, 0.2) is 0 Å². The monoisotopic (exact) mass is 309 g/mol. The second-order valence-corrected chi connectivity index (χ2v) is 5.55. The Morgan fingerprint density at radius 3 is 2.10 bits per heavy atom. The molecule has 0 aromatic heterocycles. The van der Waals surface area contributed by atoms with E-state index in [2.05, 4.69) is 5.32 Å². The first-order valence-electron chi connectivity index (χ1n) is 6.81. The molecule has 1 saturated carbocycles. The molecule has 0 bridgehead atoms. The molecule has 2 amide bonds. The van der Waals surface area contributed by atoms with Crippen LogP contribution >= 0.6 is 0 Å². The Morgan fingerprint density at radius 1 is 1.14 bits per heavy atom. The molecule has 2 rings (SSSR count). The molecule has 1 heterocycles. The standard InChI is InChI=1S/C12H18F3N3O3/c13-12(14,15)8-17-4-6-18(7-5-17)10(21)16-11(9(19)20)2-1-3-11/h1-8H2,(H,16,21)(H,19,20). The maximum Gasteiger partial charge on any atom is 0.401 e. The van der Waals surface area contributed by atoms with Gasteiger partial charge in [0.2, 0.25) is 0 Å². The fourth-order valence-electron chi connectivity index (χ4n) is 2.57. The van der Waals surface area contributed by atoms with Crippen LogP contribution in [0, 0.1) is 0 Å². The summed E-state index contributed by atoms with van der Waals surface area (Å²) in [7, 11) is 0. The Balaban J connectivity index is 1.82. The predicted molar refractivity (Wildman–Crippen MR) is 66.8 cm³/mol. The van der Waals surface area contributed by atoms with E-state index >= 15 is 0 Å². The van der Waals surface area contributed by atoms with Gasteiger partial charge in [-0.05, 0) is 19.3 Å². The van der Waals surface area contributed by atoms with Gasteiger partial charge in [0.25, 0.3) is 0 Å². The number of nitrogens with one attached hydrogen (secondary N) is 1. The van der Waals surface area contributed by atoms with Crippen LogP contribution in [0.4, 0.5) is 18.0 Å². The molecule has 1 aliphatic carbocycles. The van der Waals surface area contributed by atoms with E-state index in [9.17, 15) is 22.8 Å². The second-order valence-electron chi connectivity index (χ2n) is 5.55. The number of nitrogens with zero attached hydrogens (tertiary/aromatic N) is 2. The van der Waals surface area contributed by atoms with Crippen LogP contribution in [0.3, 0.4) is 0 Å². The first-order chi connectivity index (χ1) is 9.72. The maximum absolute atomic E-state index is 12.3. The van der Waals surface area contributed by atoms with Crippen molar-refractivity contribution in [2.24, 2.45) is 0 Å². The molecule has 0 radical (unpaired) electrons. The van der Waals surface area contributed by atoms with Crippen molar-refractivity contribution in [3.8, 4) is 0 Å². The Kier molecular flexibility index (Phi) is 4.31. The molecule has 1 aliphatic heterocycles. The number of urea groups is 1. The molecule has 2 aliphatic rings. The quantitative estimate of drug-likeness (QED) is 0.812. The van der Waals surface area contributed by atoms with Crippen molar-refractivity contribution in [1.29, 1.82) is 0 Å². The third kappa shape index (κ3) is 3.78. The summed E-state index contributed by atoms with van der Waals surface area (Å²) in [6.45, 7) is -0.392. The lowest BCUT2D eigenvalue weighted by molar-refractivity contribution is -0.150. The van der Waals surface area contributed by atoms with E-state index in [-0.39, 0.29) is 26.2 Å². The molecule has 1 saturated heterocycles. The SMILES string of the molecule is O=C(NC1(C(=O)O)CCC1)N1CCN(CC(F)(F)F)CC1. The van der Waals surface area contributed by atoms with Gasteiger partial charge in [-0.15, -0.1) is 0 Å². The molecular weight excluding hydrogens is 291 g/mol. The van der Waals surface area contributed by atoms with Crippen LogP contribution in [0.15, 0.2) is 0 Å². The number of carbonyl (C=O) groups excluding carboxylic acids is 1. The summed E-state index contributed by atoms with van der Waals surface area (Å²) >= 11 is 0. The van der Waals surface area contributed by atoms with Gasteiger partial charge >= 0.3 is 18.2 Å². The van der Waals surface area contributed by atoms with E-state index < -0.39 is 30.3 Å². The molecule has 0 aromatic rings. The van der Waals surface area contributed by atoms with Gasteiger partial charge in [0, 0.05) is 26.2 Å². The summed E-state index contributed by atoms with van der Waals surface area (Å²) in [5, 5.41) is 11.6. The van der Waals surface area contributed by atoms with Crippen LogP contribution in [0.2, 0.25) is 0 Å². The molecule has 0 unspecified atom stereocenters. The molecule has 2 N–H and O–H groups in total. The average Bonchev–Trinajstić information content (AvgIpc) is 2.32. The number of amides is 2. The Labute approximate surface area is 119 Å². The lowest BCUT2D eigenvalue weighted by atomic mass is 9.77. The summed E-state index contributed by atoms with van der Waals surface area (Å²) in [5.41, 5.74) is -1.19. The van der Waals surface area contributed by atoms with E-state index in [0.29, 0.717) is 12.8 Å². The van der Waals surface area contributed by atoms with E-state index in [1.807, 2.05) is 0 Å². The van der Waals surface area contributed by atoms with Gasteiger partial charge in [0.1, 0.15) is 5.54 Å². The number of piperazine rings is 1. The van der Waals surface area contributed by atoms with Gasteiger partial charge in [-0.3, -0.25) is 4.90 Å². The second kappa shape index (κ2) is 5.70. The lowest BCUT2D eigenvalue weighted by Gasteiger charge is -2.41. The zero-order valence-electron chi connectivity index (χ0n) is 11.4. The van der Waals surface area contributed by atoms with Crippen LogP contribution in [-0.2, 0) is 4.79 Å². The van der Waals surface area contributed by atoms with Crippen molar-refractivity contribution >= 4 is 12.0 Å². The largest absolute Gasteiger partial charge is 0.480 e. The van der Waals surface area contributed by atoms with Crippen molar-refractivity contribution in [3.05, 3.63) is 0 Å². The zero-order valence-corrected chi connectivity index (χ0v) is 11.4. The third-order valence-electron chi connectivity index (χ3n) is 4.03. The van der Waals surface area contributed by atoms with Crippen molar-refractivity contribution in [2.45, 2.75) is 31.0 Å². The highest BCUT2D eigenvalue weighted by molar-refractivity contribution is 5.87. The topological polar surface area (TPSA) is 72.9 Å². The summed E-state index contributed by atoms with van der Waals surface area (Å²) in [6.07, 6.45) is -2.72. The summed E-state index contributed by atoms with van der Waals surface area (Å²) in [6, 6.07) is -0.510. The normalized spacial score (nSPS) is 22.5. The predicted octanol–water partition coefficient (Wildman–Crippen LogP) is 0.883. The Hall–Kier alpha value is -1.51. The highest BCUT2D eigenvalue weighted by Crippen LogP contribution is 2.32. The van der Waals surface area contributed by atoms with Crippen LogP contribution in [0.25, 0.3) is 0 Å². The van der Waals surface area contributed by atoms with Crippen LogP contribution < -0.4 is 5.32 Å². The van der Waals surface area contributed by atoms with Crippen molar-refractivity contribution in [3.63, 3.8) is 0 Å². The number of hydrogen-bond donors (Lipinski definition) is 2.